The van der Waals surface area contributed by atoms with Crippen LogP contribution in [0, 0.1) is 0 Å². The molecule has 0 saturated carbocycles. The Morgan fingerprint density at radius 2 is 1.40 bits per heavy atom. The van der Waals surface area contributed by atoms with Gasteiger partial charge in [-0.3, -0.25) is 0 Å². The van der Waals surface area contributed by atoms with Crippen molar-refractivity contribution in [3.63, 3.8) is 0 Å². The molecule has 5 heavy (non-hydrogen) atoms. The Morgan fingerprint density at radius 3 is 1.40 bits per heavy atom. The van der Waals surface area contributed by atoms with Gasteiger partial charge in [0.2, 0.25) is 0 Å². The van der Waals surface area contributed by atoms with Gasteiger partial charge in [0.15, 0.2) is 0 Å². The van der Waals surface area contributed by atoms with Gasteiger partial charge >= 0.3 is 49.2 Å². The Kier molecular flexibility index (Phi) is 9.09. The van der Waals surface area contributed by atoms with Crippen LogP contribution in [-0.2, 0) is 45.1 Å². The molecular formula is AgO3V. The van der Waals surface area contributed by atoms with E-state index in [2.05, 4.69) is 0 Å². The second-order valence-corrected chi connectivity index (χ2v) is 0.922. The van der Waals surface area contributed by atoms with E-state index in [0.29, 0.717) is 0 Å². The van der Waals surface area contributed by atoms with Gasteiger partial charge in [0.25, 0.3) is 0 Å². The summed E-state index contributed by atoms with van der Waals surface area (Å²) < 4.78 is 25.7. The fraction of sp³-hybridized carbons (Fsp3) is 0. The zero-order chi connectivity index (χ0) is 3.58. The van der Waals surface area contributed by atoms with Crippen LogP contribution < -0.4 is 4.03 Å². The second-order valence-electron chi connectivity index (χ2n) is 0.224. The van der Waals surface area contributed by atoms with Crippen molar-refractivity contribution in [2.24, 2.45) is 0 Å². The number of hydrogen-bond acceptors (Lipinski definition) is 3. The molecule has 0 amide bonds. The van der Waals surface area contributed by atoms with Crippen molar-refractivity contribution in [3.05, 3.63) is 0 Å². The van der Waals surface area contributed by atoms with Crippen LogP contribution in [0.25, 0.3) is 0 Å². The molecule has 0 rings (SSSR count). The van der Waals surface area contributed by atoms with Crippen molar-refractivity contribution in [1.82, 2.24) is 0 Å². The number of hydrogen-bond donors (Lipinski definition) is 0. The van der Waals surface area contributed by atoms with E-state index in [1.165, 1.54) is 0 Å². The van der Waals surface area contributed by atoms with Crippen molar-refractivity contribution in [2.45, 2.75) is 0 Å². The first kappa shape index (κ1) is 9.30. The predicted octanol–water partition coefficient (Wildman–Crippen LogP) is -1.43. The van der Waals surface area contributed by atoms with E-state index < -0.39 is 15.4 Å². The first-order valence-electron chi connectivity index (χ1n) is 0.548. The van der Waals surface area contributed by atoms with E-state index in [-0.39, 0.29) is 22.4 Å². The molecule has 0 saturated heterocycles. The fourth-order valence-electron chi connectivity index (χ4n) is 0. The molecule has 0 N–H and O–H groups in total. The van der Waals surface area contributed by atoms with E-state index in [0.717, 1.165) is 0 Å². The molecule has 0 aliphatic carbocycles. The molecule has 0 atom stereocenters. The van der Waals surface area contributed by atoms with E-state index in [4.69, 9.17) is 11.4 Å². The van der Waals surface area contributed by atoms with Crippen LogP contribution in [0.5, 0.6) is 0 Å². The summed E-state index contributed by atoms with van der Waals surface area (Å²) in [6, 6.07) is 0. The SMILES string of the molecule is [Ag+].[O]=[V](=[O])[O-]. The van der Waals surface area contributed by atoms with Crippen molar-refractivity contribution in [3.8, 4) is 0 Å². The van der Waals surface area contributed by atoms with Gasteiger partial charge in [-0.25, -0.2) is 0 Å². The van der Waals surface area contributed by atoms with Crippen LogP contribution in [0.2, 0.25) is 0 Å². The third-order valence-electron chi connectivity index (χ3n) is 0. The Hall–Kier alpha value is 0.885. The van der Waals surface area contributed by atoms with Crippen LogP contribution in [0.4, 0.5) is 0 Å². The van der Waals surface area contributed by atoms with E-state index in [1.54, 1.807) is 0 Å². The summed E-state index contributed by atoms with van der Waals surface area (Å²) in [7, 11) is 0. The summed E-state index contributed by atoms with van der Waals surface area (Å²) in [6.45, 7) is 0. The van der Waals surface area contributed by atoms with Crippen LogP contribution in [-0.4, -0.2) is 0 Å². The molecule has 0 aromatic rings. The minimum atomic E-state index is -3.94. The molecule has 0 aliphatic heterocycles. The van der Waals surface area contributed by atoms with E-state index >= 15 is 0 Å². The number of rotatable bonds is 0. The van der Waals surface area contributed by atoms with Crippen molar-refractivity contribution >= 4 is 0 Å². The summed E-state index contributed by atoms with van der Waals surface area (Å²) in [5.74, 6) is 0. The Labute approximate surface area is 49.2 Å². The molecule has 0 spiro atoms. The summed E-state index contributed by atoms with van der Waals surface area (Å²) in [5, 5.41) is 0. The Morgan fingerprint density at radius 1 is 1.40 bits per heavy atom. The first-order valence-corrected chi connectivity index (χ1v) is 2.26. The molecule has 5 heteroatoms. The third kappa shape index (κ3) is 51.9. The van der Waals surface area contributed by atoms with Crippen LogP contribution in [0.1, 0.15) is 0 Å². The standard InChI is InChI=1S/Ag.3O.V/q+1;;;-1;. The monoisotopic (exact) mass is 206 g/mol. The maximum absolute atomic E-state index is 8.56. The maximum atomic E-state index is 8.56. The predicted molar refractivity (Wildman–Crippen MR) is 1.37 cm³/mol. The van der Waals surface area contributed by atoms with Gasteiger partial charge in [0, 0.05) is 0 Å². The molecule has 0 radical (unpaired) electrons. The Bertz CT molecular complexity index is 55.3. The summed E-state index contributed by atoms with van der Waals surface area (Å²) in [6.07, 6.45) is 0. The Balaban J connectivity index is 0. The zero-order valence-corrected chi connectivity index (χ0v) is 4.85. The summed E-state index contributed by atoms with van der Waals surface area (Å²) in [4.78, 5) is 0. The zero-order valence-electron chi connectivity index (χ0n) is 1.97. The first-order chi connectivity index (χ1) is 1.73. The van der Waals surface area contributed by atoms with E-state index in [9.17, 15) is 0 Å². The van der Waals surface area contributed by atoms with Gasteiger partial charge in [-0.2, -0.15) is 0 Å². The topological polar surface area (TPSA) is 57.2 Å². The van der Waals surface area contributed by atoms with Crippen LogP contribution in [0.15, 0.2) is 0 Å². The van der Waals surface area contributed by atoms with Gasteiger partial charge in [-0.15, -0.1) is 0 Å². The third-order valence-corrected chi connectivity index (χ3v) is 0. The van der Waals surface area contributed by atoms with E-state index in [1.807, 2.05) is 0 Å². The van der Waals surface area contributed by atoms with Crippen molar-refractivity contribution in [1.29, 1.82) is 0 Å². The van der Waals surface area contributed by atoms with Gasteiger partial charge in [0.05, 0.1) is 0 Å². The molecule has 34 valence electrons. The quantitative estimate of drug-likeness (QED) is 0.457. The molecule has 0 aromatic carbocycles. The summed E-state index contributed by atoms with van der Waals surface area (Å²) in [5.41, 5.74) is 0. The molecular weight excluding hydrogens is 207 g/mol. The fourth-order valence-corrected chi connectivity index (χ4v) is 0. The molecule has 0 bridgehead atoms. The van der Waals surface area contributed by atoms with Crippen LogP contribution >= 0.6 is 0 Å². The normalized spacial score (nSPS) is 5.00. The average Bonchev–Trinajstić information content (AvgIpc) is 0.811. The minimum absolute atomic E-state index is 0. The van der Waals surface area contributed by atoms with Gasteiger partial charge in [-0.1, -0.05) is 0 Å². The van der Waals surface area contributed by atoms with Gasteiger partial charge < -0.3 is 0 Å². The molecule has 0 heterocycles. The van der Waals surface area contributed by atoms with Crippen molar-refractivity contribution in [2.75, 3.05) is 0 Å². The average molecular weight is 207 g/mol. The summed E-state index contributed by atoms with van der Waals surface area (Å²) >= 11 is -3.94. The second kappa shape index (κ2) is 4.88. The van der Waals surface area contributed by atoms with Crippen LogP contribution in [0.3, 0.4) is 0 Å². The molecule has 3 nitrogen and oxygen atoms in total. The van der Waals surface area contributed by atoms with Gasteiger partial charge in [0.1, 0.15) is 0 Å². The van der Waals surface area contributed by atoms with Gasteiger partial charge in [-0.05, 0) is 0 Å². The molecule has 0 fully saturated rings. The van der Waals surface area contributed by atoms with Crippen molar-refractivity contribution < 1.29 is 49.2 Å². The molecule has 0 aromatic heterocycles. The molecule has 0 aliphatic rings. The molecule has 0 unspecified atom stereocenters.